The van der Waals surface area contributed by atoms with Gasteiger partial charge in [0.1, 0.15) is 11.6 Å². The fraction of sp³-hybridized carbons (Fsp3) is 0.364. The van der Waals surface area contributed by atoms with Crippen LogP contribution in [0.5, 0.6) is 5.75 Å². The number of halogens is 1. The molecule has 5 nitrogen and oxygen atoms in total. The number of rotatable bonds is 10. The van der Waals surface area contributed by atoms with Crippen molar-refractivity contribution in [3.63, 3.8) is 0 Å². The number of para-hydroxylation sites is 3. The summed E-state index contributed by atoms with van der Waals surface area (Å²) < 4.78 is 7.96. The first-order chi connectivity index (χ1) is 13.7. The van der Waals surface area contributed by atoms with Crippen LogP contribution in [-0.2, 0) is 17.9 Å². The molecule has 0 spiro atoms. The number of unbranched alkanes of at least 4 members (excludes halogenated alkanes) is 1. The number of hydrogen-bond acceptors (Lipinski definition) is 3. The van der Waals surface area contributed by atoms with Crippen molar-refractivity contribution in [2.75, 3.05) is 6.61 Å². The molecular weight excluding hydrogens is 374 g/mol. The first kappa shape index (κ1) is 20.2. The minimum atomic E-state index is 0.0641. The summed E-state index contributed by atoms with van der Waals surface area (Å²) in [6, 6.07) is 15.6. The highest BCUT2D eigenvalue weighted by Gasteiger charge is 2.11. The van der Waals surface area contributed by atoms with Gasteiger partial charge >= 0.3 is 0 Å². The Labute approximate surface area is 170 Å². The van der Waals surface area contributed by atoms with Crippen molar-refractivity contribution in [2.45, 2.75) is 45.7 Å². The van der Waals surface area contributed by atoms with E-state index in [-0.39, 0.29) is 5.91 Å². The van der Waals surface area contributed by atoms with E-state index in [0.29, 0.717) is 24.6 Å². The SMILES string of the molecule is CCCC(=O)NCc1nc2ccccc2n1CCCCOc1ccccc1Cl. The lowest BCUT2D eigenvalue weighted by Gasteiger charge is -2.11. The standard InChI is InChI=1S/C22H26ClN3O2/c1-2-9-22(27)24-16-21-25-18-11-4-5-12-19(18)26(21)14-7-8-15-28-20-13-6-3-10-17(20)23/h3-6,10-13H,2,7-9,14-16H2,1H3,(H,24,27). The normalized spacial score (nSPS) is 10.9. The molecule has 2 aromatic carbocycles. The van der Waals surface area contributed by atoms with Crippen LogP contribution in [0.4, 0.5) is 0 Å². The van der Waals surface area contributed by atoms with Gasteiger partial charge in [-0.15, -0.1) is 0 Å². The van der Waals surface area contributed by atoms with E-state index in [1.807, 2.05) is 49.4 Å². The van der Waals surface area contributed by atoms with Gasteiger partial charge in [0, 0.05) is 13.0 Å². The molecule has 6 heteroatoms. The summed E-state index contributed by atoms with van der Waals surface area (Å²) in [5.41, 5.74) is 2.05. The molecule has 1 heterocycles. The zero-order chi connectivity index (χ0) is 19.8. The third-order valence-electron chi connectivity index (χ3n) is 4.52. The number of nitrogens with one attached hydrogen (secondary N) is 1. The molecule has 0 saturated carbocycles. The number of aromatic nitrogens is 2. The second-order valence-corrected chi connectivity index (χ2v) is 7.09. The molecule has 1 amide bonds. The van der Waals surface area contributed by atoms with E-state index in [1.165, 1.54) is 0 Å². The number of hydrogen-bond donors (Lipinski definition) is 1. The molecule has 0 bridgehead atoms. The Morgan fingerprint density at radius 3 is 2.75 bits per heavy atom. The van der Waals surface area contributed by atoms with Crippen LogP contribution in [0.2, 0.25) is 5.02 Å². The Balaban J connectivity index is 1.58. The number of amides is 1. The van der Waals surface area contributed by atoms with Crippen LogP contribution in [-0.4, -0.2) is 22.1 Å². The summed E-state index contributed by atoms with van der Waals surface area (Å²) in [6.45, 7) is 3.88. The monoisotopic (exact) mass is 399 g/mol. The zero-order valence-corrected chi connectivity index (χ0v) is 16.9. The predicted octanol–water partition coefficient (Wildman–Crippen LogP) is 4.97. The van der Waals surface area contributed by atoms with E-state index in [0.717, 1.165) is 48.4 Å². The quantitative estimate of drug-likeness (QED) is 0.490. The Kier molecular flexibility index (Phi) is 7.31. The lowest BCUT2D eigenvalue weighted by atomic mass is 10.3. The number of aryl methyl sites for hydroxylation is 1. The van der Waals surface area contributed by atoms with E-state index < -0.39 is 0 Å². The first-order valence-corrected chi connectivity index (χ1v) is 10.1. The van der Waals surface area contributed by atoms with Gasteiger partial charge in [0.25, 0.3) is 0 Å². The van der Waals surface area contributed by atoms with Crippen LogP contribution in [0.1, 0.15) is 38.4 Å². The number of imidazole rings is 1. The molecule has 0 radical (unpaired) electrons. The molecule has 0 aliphatic carbocycles. The van der Waals surface area contributed by atoms with Crippen molar-refractivity contribution in [1.82, 2.24) is 14.9 Å². The second kappa shape index (κ2) is 10.1. The minimum absolute atomic E-state index is 0.0641. The van der Waals surface area contributed by atoms with Crippen molar-refractivity contribution < 1.29 is 9.53 Å². The molecular formula is C22H26ClN3O2. The van der Waals surface area contributed by atoms with E-state index in [2.05, 4.69) is 16.0 Å². The molecule has 1 N–H and O–H groups in total. The number of benzene rings is 2. The van der Waals surface area contributed by atoms with E-state index in [9.17, 15) is 4.79 Å². The van der Waals surface area contributed by atoms with Gasteiger partial charge < -0.3 is 14.6 Å². The Morgan fingerprint density at radius 2 is 1.93 bits per heavy atom. The van der Waals surface area contributed by atoms with Crippen LogP contribution in [0, 0.1) is 0 Å². The average Bonchev–Trinajstić information content (AvgIpc) is 3.05. The number of nitrogens with zero attached hydrogens (tertiary/aromatic N) is 2. The third-order valence-corrected chi connectivity index (χ3v) is 4.84. The maximum atomic E-state index is 11.8. The number of carbonyl (C=O) groups excluding carboxylic acids is 1. The molecule has 0 saturated heterocycles. The fourth-order valence-electron chi connectivity index (χ4n) is 3.12. The summed E-state index contributed by atoms with van der Waals surface area (Å²) in [5, 5.41) is 3.60. The van der Waals surface area contributed by atoms with Crippen LogP contribution in [0.25, 0.3) is 11.0 Å². The van der Waals surface area contributed by atoms with Gasteiger partial charge in [-0.05, 0) is 43.5 Å². The van der Waals surface area contributed by atoms with Crippen molar-refractivity contribution >= 4 is 28.5 Å². The second-order valence-electron chi connectivity index (χ2n) is 6.68. The molecule has 0 unspecified atom stereocenters. The minimum Gasteiger partial charge on any atom is -0.492 e. The van der Waals surface area contributed by atoms with Gasteiger partial charge in [0.15, 0.2) is 0 Å². The number of ether oxygens (including phenoxy) is 1. The summed E-state index contributed by atoms with van der Waals surface area (Å²) in [4.78, 5) is 16.5. The van der Waals surface area contributed by atoms with Crippen LogP contribution < -0.4 is 10.1 Å². The molecule has 28 heavy (non-hydrogen) atoms. The average molecular weight is 400 g/mol. The molecule has 0 aliphatic rings. The summed E-state index contributed by atoms with van der Waals surface area (Å²) >= 11 is 6.12. The van der Waals surface area contributed by atoms with Crippen LogP contribution >= 0.6 is 11.6 Å². The highest BCUT2D eigenvalue weighted by molar-refractivity contribution is 6.32. The van der Waals surface area contributed by atoms with Gasteiger partial charge in [0.05, 0.1) is 29.2 Å². The van der Waals surface area contributed by atoms with Gasteiger partial charge in [-0.1, -0.05) is 42.8 Å². The summed E-state index contributed by atoms with van der Waals surface area (Å²) in [7, 11) is 0. The predicted molar refractivity (Wildman–Crippen MR) is 113 cm³/mol. The molecule has 0 atom stereocenters. The summed E-state index contributed by atoms with van der Waals surface area (Å²) in [5.74, 6) is 1.67. The van der Waals surface area contributed by atoms with Crippen molar-refractivity contribution in [1.29, 1.82) is 0 Å². The Morgan fingerprint density at radius 1 is 1.14 bits per heavy atom. The Hall–Kier alpha value is -2.53. The Bertz CT molecular complexity index is 923. The maximum Gasteiger partial charge on any atom is 0.220 e. The van der Waals surface area contributed by atoms with Gasteiger partial charge in [-0.3, -0.25) is 4.79 Å². The van der Waals surface area contributed by atoms with E-state index >= 15 is 0 Å². The molecule has 0 fully saturated rings. The molecule has 148 valence electrons. The number of carbonyl (C=O) groups is 1. The highest BCUT2D eigenvalue weighted by atomic mass is 35.5. The maximum absolute atomic E-state index is 11.8. The van der Waals surface area contributed by atoms with Crippen LogP contribution in [0.15, 0.2) is 48.5 Å². The van der Waals surface area contributed by atoms with Gasteiger partial charge in [-0.2, -0.15) is 0 Å². The van der Waals surface area contributed by atoms with Crippen molar-refractivity contribution in [3.05, 3.63) is 59.4 Å². The zero-order valence-electron chi connectivity index (χ0n) is 16.2. The van der Waals surface area contributed by atoms with Crippen LogP contribution in [0.3, 0.4) is 0 Å². The van der Waals surface area contributed by atoms with E-state index in [1.54, 1.807) is 0 Å². The van der Waals surface area contributed by atoms with Crippen molar-refractivity contribution in [3.8, 4) is 5.75 Å². The van der Waals surface area contributed by atoms with Crippen molar-refractivity contribution in [2.24, 2.45) is 0 Å². The number of fused-ring (bicyclic) bond motifs is 1. The smallest absolute Gasteiger partial charge is 0.220 e. The molecule has 3 rings (SSSR count). The third kappa shape index (κ3) is 5.26. The van der Waals surface area contributed by atoms with E-state index in [4.69, 9.17) is 21.3 Å². The lowest BCUT2D eigenvalue weighted by molar-refractivity contribution is -0.121. The topological polar surface area (TPSA) is 56.2 Å². The largest absolute Gasteiger partial charge is 0.492 e. The molecule has 0 aliphatic heterocycles. The molecule has 1 aromatic heterocycles. The van der Waals surface area contributed by atoms with Gasteiger partial charge in [-0.25, -0.2) is 4.98 Å². The fourth-order valence-corrected chi connectivity index (χ4v) is 3.31. The first-order valence-electron chi connectivity index (χ1n) is 9.77. The summed E-state index contributed by atoms with van der Waals surface area (Å²) in [6.07, 6.45) is 3.23. The molecule has 3 aromatic rings. The lowest BCUT2D eigenvalue weighted by Crippen LogP contribution is -2.24. The highest BCUT2D eigenvalue weighted by Crippen LogP contribution is 2.23. The van der Waals surface area contributed by atoms with Gasteiger partial charge in [0.2, 0.25) is 5.91 Å².